The van der Waals surface area contributed by atoms with Crippen molar-refractivity contribution in [2.75, 3.05) is 6.54 Å². The predicted octanol–water partition coefficient (Wildman–Crippen LogP) is 1.28. The summed E-state index contributed by atoms with van der Waals surface area (Å²) in [4.78, 5) is 25.8. The number of carbonyl (C=O) groups is 1. The van der Waals surface area contributed by atoms with Crippen molar-refractivity contribution in [2.24, 2.45) is 0 Å². The fourth-order valence-electron chi connectivity index (χ4n) is 1.07. The van der Waals surface area contributed by atoms with Crippen molar-refractivity contribution in [3.63, 3.8) is 0 Å². The van der Waals surface area contributed by atoms with E-state index in [2.05, 4.69) is 26.2 Å². The van der Waals surface area contributed by atoms with Crippen LogP contribution in [0.15, 0.2) is 23.3 Å². The number of aromatic amines is 1. The van der Waals surface area contributed by atoms with Gasteiger partial charge in [0.1, 0.15) is 5.56 Å². The fraction of sp³-hybridized carbons (Fsp3) is 0.400. The van der Waals surface area contributed by atoms with Crippen LogP contribution in [0.1, 0.15) is 23.7 Å². The van der Waals surface area contributed by atoms with Gasteiger partial charge >= 0.3 is 0 Å². The van der Waals surface area contributed by atoms with Crippen LogP contribution in [0.25, 0.3) is 0 Å². The van der Waals surface area contributed by atoms with Crippen LogP contribution in [0.3, 0.4) is 0 Å². The SMILES string of the molecule is CC(Br)CCNC(=O)c1c[nH]ccc1=O. The Hall–Kier alpha value is -1.10. The van der Waals surface area contributed by atoms with E-state index in [0.717, 1.165) is 6.42 Å². The number of pyridine rings is 1. The molecule has 1 aromatic heterocycles. The zero-order chi connectivity index (χ0) is 11.3. The lowest BCUT2D eigenvalue weighted by Crippen LogP contribution is -2.29. The van der Waals surface area contributed by atoms with Crippen LogP contribution in [-0.4, -0.2) is 22.3 Å². The van der Waals surface area contributed by atoms with Crippen molar-refractivity contribution in [1.29, 1.82) is 0 Å². The van der Waals surface area contributed by atoms with Gasteiger partial charge in [-0.15, -0.1) is 0 Å². The highest BCUT2D eigenvalue weighted by atomic mass is 79.9. The molecule has 0 saturated heterocycles. The van der Waals surface area contributed by atoms with Gasteiger partial charge in [-0.25, -0.2) is 0 Å². The molecule has 1 unspecified atom stereocenters. The Morgan fingerprint density at radius 1 is 1.67 bits per heavy atom. The molecule has 1 rings (SSSR count). The van der Waals surface area contributed by atoms with Crippen LogP contribution in [0.5, 0.6) is 0 Å². The Balaban J connectivity index is 2.55. The minimum atomic E-state index is -0.329. The monoisotopic (exact) mass is 272 g/mol. The quantitative estimate of drug-likeness (QED) is 0.812. The van der Waals surface area contributed by atoms with Crippen LogP contribution in [0, 0.1) is 0 Å². The van der Waals surface area contributed by atoms with E-state index in [-0.39, 0.29) is 16.9 Å². The van der Waals surface area contributed by atoms with Gasteiger partial charge < -0.3 is 10.3 Å². The summed E-state index contributed by atoms with van der Waals surface area (Å²) >= 11 is 3.38. The van der Waals surface area contributed by atoms with Crippen LogP contribution in [0.2, 0.25) is 0 Å². The van der Waals surface area contributed by atoms with E-state index >= 15 is 0 Å². The Morgan fingerprint density at radius 3 is 3.00 bits per heavy atom. The summed E-state index contributed by atoms with van der Waals surface area (Å²) in [5.74, 6) is -0.329. The lowest BCUT2D eigenvalue weighted by atomic mass is 10.2. The van der Waals surface area contributed by atoms with Crippen molar-refractivity contribution in [1.82, 2.24) is 10.3 Å². The van der Waals surface area contributed by atoms with Gasteiger partial charge in [-0.3, -0.25) is 9.59 Å². The highest BCUT2D eigenvalue weighted by Gasteiger charge is 2.08. The molecule has 0 spiro atoms. The zero-order valence-electron chi connectivity index (χ0n) is 8.42. The number of halogens is 1. The number of nitrogens with one attached hydrogen (secondary N) is 2. The summed E-state index contributed by atoms with van der Waals surface area (Å²) in [7, 11) is 0. The summed E-state index contributed by atoms with van der Waals surface area (Å²) in [6.07, 6.45) is 3.74. The first-order chi connectivity index (χ1) is 7.11. The van der Waals surface area contributed by atoms with Crippen molar-refractivity contribution < 1.29 is 4.79 Å². The second kappa shape index (κ2) is 5.70. The van der Waals surface area contributed by atoms with E-state index in [1.807, 2.05) is 6.92 Å². The Kier molecular flexibility index (Phi) is 4.55. The second-order valence-corrected chi connectivity index (χ2v) is 4.81. The lowest BCUT2D eigenvalue weighted by Gasteiger charge is -2.05. The van der Waals surface area contributed by atoms with E-state index in [9.17, 15) is 9.59 Å². The molecule has 0 bridgehead atoms. The summed E-state index contributed by atoms with van der Waals surface area (Å²) in [6, 6.07) is 1.34. The molecule has 4 nitrogen and oxygen atoms in total. The molecule has 5 heteroatoms. The number of amides is 1. The normalized spacial score (nSPS) is 12.1. The van der Waals surface area contributed by atoms with Crippen molar-refractivity contribution in [3.05, 3.63) is 34.2 Å². The molecule has 0 aliphatic rings. The predicted molar refractivity (Wildman–Crippen MR) is 62.4 cm³/mol. The number of rotatable bonds is 4. The first-order valence-corrected chi connectivity index (χ1v) is 5.62. The lowest BCUT2D eigenvalue weighted by molar-refractivity contribution is 0.0952. The van der Waals surface area contributed by atoms with Gasteiger partial charge in [-0.2, -0.15) is 0 Å². The molecule has 0 fully saturated rings. The summed E-state index contributed by atoms with van der Waals surface area (Å²) in [5, 5.41) is 2.68. The summed E-state index contributed by atoms with van der Waals surface area (Å²) in [6.45, 7) is 2.56. The van der Waals surface area contributed by atoms with Crippen LogP contribution >= 0.6 is 15.9 Å². The first kappa shape index (κ1) is 12.0. The fourth-order valence-corrected chi connectivity index (χ4v) is 1.30. The number of hydrogen-bond acceptors (Lipinski definition) is 2. The molecular formula is C10H13BrN2O2. The van der Waals surface area contributed by atoms with E-state index in [1.165, 1.54) is 18.5 Å². The molecule has 1 amide bonds. The van der Waals surface area contributed by atoms with E-state index in [4.69, 9.17) is 0 Å². The molecule has 15 heavy (non-hydrogen) atoms. The largest absolute Gasteiger partial charge is 0.367 e. The molecule has 0 radical (unpaired) electrons. The molecule has 1 atom stereocenters. The van der Waals surface area contributed by atoms with E-state index in [1.54, 1.807) is 0 Å². The molecule has 82 valence electrons. The number of alkyl halides is 1. The Bertz CT molecular complexity index is 387. The van der Waals surface area contributed by atoms with Crippen molar-refractivity contribution in [2.45, 2.75) is 18.2 Å². The highest BCUT2D eigenvalue weighted by Crippen LogP contribution is 2.01. The Labute approximate surface area is 96.2 Å². The average molecular weight is 273 g/mol. The minimum absolute atomic E-state index is 0.153. The second-order valence-electron chi connectivity index (χ2n) is 3.25. The van der Waals surface area contributed by atoms with E-state index < -0.39 is 0 Å². The Morgan fingerprint density at radius 2 is 2.40 bits per heavy atom. The number of hydrogen-bond donors (Lipinski definition) is 2. The number of carbonyl (C=O) groups excluding carboxylic acids is 1. The zero-order valence-corrected chi connectivity index (χ0v) is 10.0. The molecule has 1 aromatic rings. The summed E-state index contributed by atoms with van der Waals surface area (Å²) in [5.41, 5.74) is -0.113. The van der Waals surface area contributed by atoms with Gasteiger partial charge in [0.25, 0.3) is 5.91 Å². The molecule has 0 saturated carbocycles. The smallest absolute Gasteiger partial charge is 0.256 e. The third-order valence-electron chi connectivity index (χ3n) is 1.90. The first-order valence-electron chi connectivity index (χ1n) is 4.70. The molecule has 1 heterocycles. The van der Waals surface area contributed by atoms with Crippen LogP contribution in [0.4, 0.5) is 0 Å². The molecular weight excluding hydrogens is 260 g/mol. The van der Waals surface area contributed by atoms with Gasteiger partial charge in [-0.05, 0) is 6.42 Å². The van der Waals surface area contributed by atoms with Gasteiger partial charge in [-0.1, -0.05) is 22.9 Å². The molecule has 0 aromatic carbocycles. The molecule has 0 aliphatic heterocycles. The third kappa shape index (κ3) is 3.87. The topological polar surface area (TPSA) is 62.0 Å². The summed E-state index contributed by atoms with van der Waals surface area (Å²) < 4.78 is 0. The van der Waals surface area contributed by atoms with Crippen molar-refractivity contribution in [3.8, 4) is 0 Å². The number of H-pyrrole nitrogens is 1. The van der Waals surface area contributed by atoms with E-state index in [0.29, 0.717) is 11.4 Å². The number of aromatic nitrogens is 1. The van der Waals surface area contributed by atoms with Crippen LogP contribution < -0.4 is 10.7 Å². The van der Waals surface area contributed by atoms with Gasteiger partial charge in [0, 0.05) is 29.8 Å². The average Bonchev–Trinajstić information content (AvgIpc) is 2.17. The molecule has 0 aliphatic carbocycles. The van der Waals surface area contributed by atoms with Gasteiger partial charge in [0.05, 0.1) is 0 Å². The maximum Gasteiger partial charge on any atom is 0.256 e. The standard InChI is InChI=1S/C10H13BrN2O2/c1-7(11)2-5-13-10(15)8-6-12-4-3-9(8)14/h3-4,6-7H,2,5H2,1H3,(H,12,14)(H,13,15). The van der Waals surface area contributed by atoms with Crippen molar-refractivity contribution >= 4 is 21.8 Å². The van der Waals surface area contributed by atoms with Gasteiger partial charge in [0.2, 0.25) is 0 Å². The maximum absolute atomic E-state index is 11.5. The third-order valence-corrected chi connectivity index (χ3v) is 2.35. The van der Waals surface area contributed by atoms with Gasteiger partial charge in [0.15, 0.2) is 5.43 Å². The molecule has 2 N–H and O–H groups in total. The van der Waals surface area contributed by atoms with Crippen LogP contribution in [-0.2, 0) is 0 Å². The maximum atomic E-state index is 11.5. The minimum Gasteiger partial charge on any atom is -0.367 e. The highest BCUT2D eigenvalue weighted by molar-refractivity contribution is 9.09.